The van der Waals surface area contributed by atoms with Gasteiger partial charge in [-0.25, -0.2) is 4.39 Å². The Morgan fingerprint density at radius 3 is 2.19 bits per heavy atom. The molecule has 0 unspecified atom stereocenters. The monoisotopic (exact) mass is 408 g/mol. The van der Waals surface area contributed by atoms with Gasteiger partial charge >= 0.3 is 0 Å². The third kappa shape index (κ3) is 6.60. The van der Waals surface area contributed by atoms with E-state index in [0.717, 1.165) is 24.2 Å². The molecule has 0 amide bonds. The summed E-state index contributed by atoms with van der Waals surface area (Å²) in [4.78, 5) is 0. The molecule has 3 heteroatoms. The molecule has 1 aliphatic carbocycles. The Hall–Kier alpha value is -0.343. The molecular formula is C24H38ClFSi. The summed E-state index contributed by atoms with van der Waals surface area (Å²) in [6, 6.07) is 11.2. The lowest BCUT2D eigenvalue weighted by Crippen LogP contribution is -2.35. The lowest BCUT2D eigenvalue weighted by atomic mass is 9.73. The van der Waals surface area contributed by atoms with Crippen LogP contribution < -0.4 is 0 Å². The van der Waals surface area contributed by atoms with E-state index in [2.05, 4.69) is 6.92 Å². The molecule has 1 heterocycles. The largest absolute Gasteiger partial charge is 0.207 e. The molecule has 2 aliphatic rings. The lowest BCUT2D eigenvalue weighted by molar-refractivity contribution is 0.186. The molecule has 1 aromatic rings. The molecule has 3 rings (SSSR count). The highest BCUT2D eigenvalue weighted by atomic mass is 35.6. The Balaban J connectivity index is 1.35. The van der Waals surface area contributed by atoms with Gasteiger partial charge in [-0.05, 0) is 79.3 Å². The maximum Gasteiger partial charge on any atom is 0.156 e. The van der Waals surface area contributed by atoms with Crippen molar-refractivity contribution in [2.24, 2.45) is 17.8 Å². The van der Waals surface area contributed by atoms with Crippen molar-refractivity contribution in [2.75, 3.05) is 0 Å². The van der Waals surface area contributed by atoms with Crippen LogP contribution in [0.2, 0.25) is 18.1 Å². The van der Waals surface area contributed by atoms with Crippen LogP contribution in [-0.4, -0.2) is 7.38 Å². The first kappa shape index (κ1) is 21.4. The van der Waals surface area contributed by atoms with Crippen molar-refractivity contribution in [3.63, 3.8) is 0 Å². The zero-order chi connectivity index (χ0) is 19.1. The van der Waals surface area contributed by atoms with E-state index < -0.39 is 7.38 Å². The summed E-state index contributed by atoms with van der Waals surface area (Å²) in [5, 5.41) is 0. The van der Waals surface area contributed by atoms with E-state index in [9.17, 15) is 4.39 Å². The number of aryl methyl sites for hydroxylation is 1. The van der Waals surface area contributed by atoms with Crippen molar-refractivity contribution in [2.45, 2.75) is 95.7 Å². The zero-order valence-electron chi connectivity index (χ0n) is 17.2. The molecule has 0 bridgehead atoms. The van der Waals surface area contributed by atoms with E-state index in [0.29, 0.717) is 0 Å². The van der Waals surface area contributed by atoms with Gasteiger partial charge in [0.15, 0.2) is 7.38 Å². The van der Waals surface area contributed by atoms with Crippen LogP contribution in [0, 0.1) is 23.6 Å². The van der Waals surface area contributed by atoms with Crippen LogP contribution >= 0.6 is 11.1 Å². The number of unbranched alkanes of at least 4 members (excludes halogenated alkanes) is 2. The molecule has 27 heavy (non-hydrogen) atoms. The SMILES string of the molecule is CCCCC[Si]1(Cl)CCC(C2CCC(CCc3ccc(F)cc3)CC2)CC1. The standard InChI is InChI=1S/C24H38ClFSi/c1-2-3-4-17-27(25)18-15-23(16-19-27)22-11-7-20(8-12-22)5-6-21-9-13-24(26)14-10-21/h9-10,13-14,20,22-23H,2-8,11-12,15-19H2,1H3. The van der Waals surface area contributed by atoms with Gasteiger partial charge in [0.25, 0.3) is 0 Å². The smallest absolute Gasteiger partial charge is 0.156 e. The van der Waals surface area contributed by atoms with E-state index in [4.69, 9.17) is 11.1 Å². The van der Waals surface area contributed by atoms with E-state index in [-0.39, 0.29) is 5.82 Å². The van der Waals surface area contributed by atoms with Crippen LogP contribution in [0.5, 0.6) is 0 Å². The highest BCUT2D eigenvalue weighted by Crippen LogP contribution is 2.46. The van der Waals surface area contributed by atoms with Crippen LogP contribution in [0.4, 0.5) is 4.39 Å². The number of hydrogen-bond acceptors (Lipinski definition) is 0. The van der Waals surface area contributed by atoms with Gasteiger partial charge in [0.05, 0.1) is 0 Å². The molecule has 0 nitrogen and oxygen atoms in total. The van der Waals surface area contributed by atoms with Gasteiger partial charge in [-0.3, -0.25) is 0 Å². The van der Waals surface area contributed by atoms with Crippen molar-refractivity contribution < 1.29 is 4.39 Å². The molecule has 0 aromatic heterocycles. The third-order valence-electron chi connectivity index (χ3n) is 7.47. The van der Waals surface area contributed by atoms with Gasteiger partial charge in [-0.1, -0.05) is 64.0 Å². The summed E-state index contributed by atoms with van der Waals surface area (Å²) in [5.41, 5.74) is 1.29. The third-order valence-corrected chi connectivity index (χ3v) is 12.8. The summed E-state index contributed by atoms with van der Waals surface area (Å²) in [7, 11) is -1.40. The quantitative estimate of drug-likeness (QED) is 0.230. The fraction of sp³-hybridized carbons (Fsp3) is 0.750. The van der Waals surface area contributed by atoms with Gasteiger partial charge in [0.1, 0.15) is 5.82 Å². The van der Waals surface area contributed by atoms with E-state index >= 15 is 0 Å². The predicted molar refractivity (Wildman–Crippen MR) is 118 cm³/mol. The van der Waals surface area contributed by atoms with Gasteiger partial charge in [0, 0.05) is 0 Å². The van der Waals surface area contributed by atoms with Gasteiger partial charge < -0.3 is 0 Å². The maximum absolute atomic E-state index is 13.0. The molecule has 2 fully saturated rings. The molecule has 1 saturated carbocycles. The molecule has 152 valence electrons. The maximum atomic E-state index is 13.0. The van der Waals surface area contributed by atoms with Gasteiger partial charge in [-0.15, -0.1) is 0 Å². The lowest BCUT2D eigenvalue weighted by Gasteiger charge is -2.40. The topological polar surface area (TPSA) is 0 Å². The van der Waals surface area contributed by atoms with E-state index in [1.165, 1.54) is 87.9 Å². The van der Waals surface area contributed by atoms with Gasteiger partial charge in [0.2, 0.25) is 0 Å². The predicted octanol–water partition coefficient (Wildman–Crippen LogP) is 8.35. The van der Waals surface area contributed by atoms with Gasteiger partial charge in [-0.2, -0.15) is 11.1 Å². The van der Waals surface area contributed by atoms with Crippen molar-refractivity contribution in [3.8, 4) is 0 Å². The molecule has 0 spiro atoms. The fourth-order valence-corrected chi connectivity index (χ4v) is 10.0. The molecule has 1 aromatic carbocycles. The number of rotatable bonds is 8. The minimum Gasteiger partial charge on any atom is -0.207 e. The van der Waals surface area contributed by atoms with Crippen LogP contribution in [0.15, 0.2) is 24.3 Å². The normalized spacial score (nSPS) is 31.7. The van der Waals surface area contributed by atoms with Crippen molar-refractivity contribution in [1.29, 1.82) is 0 Å². The average molecular weight is 409 g/mol. The molecule has 0 atom stereocenters. The zero-order valence-corrected chi connectivity index (χ0v) is 19.0. The summed E-state index contributed by atoms with van der Waals surface area (Å²) >= 11 is 7.06. The van der Waals surface area contributed by atoms with Crippen LogP contribution in [0.25, 0.3) is 0 Å². The summed E-state index contributed by atoms with van der Waals surface area (Å²) in [6.45, 7) is 2.29. The highest BCUT2D eigenvalue weighted by molar-refractivity contribution is 7.20. The first-order valence-electron chi connectivity index (χ1n) is 11.5. The molecule has 1 saturated heterocycles. The van der Waals surface area contributed by atoms with Crippen molar-refractivity contribution in [3.05, 3.63) is 35.6 Å². The minimum absolute atomic E-state index is 0.124. The van der Waals surface area contributed by atoms with Crippen LogP contribution in [-0.2, 0) is 6.42 Å². The average Bonchev–Trinajstić information content (AvgIpc) is 2.69. The number of benzene rings is 1. The summed E-state index contributed by atoms with van der Waals surface area (Å²) < 4.78 is 13.0. The summed E-state index contributed by atoms with van der Waals surface area (Å²) in [6.07, 6.45) is 15.0. The Bertz CT molecular complexity index is 542. The molecule has 0 N–H and O–H groups in total. The number of hydrogen-bond donors (Lipinski definition) is 0. The van der Waals surface area contributed by atoms with E-state index in [1.807, 2.05) is 12.1 Å². The van der Waals surface area contributed by atoms with Crippen molar-refractivity contribution >= 4 is 18.5 Å². The first-order valence-corrected chi connectivity index (χ1v) is 15.1. The molecule has 0 radical (unpaired) electrons. The second kappa shape index (κ2) is 10.4. The fourth-order valence-electron chi connectivity index (χ4n) is 5.54. The Labute approximate surface area is 172 Å². The second-order valence-electron chi connectivity index (χ2n) is 9.39. The second-order valence-corrected chi connectivity index (χ2v) is 15.6. The highest BCUT2D eigenvalue weighted by Gasteiger charge is 2.38. The number of halogens is 2. The van der Waals surface area contributed by atoms with E-state index in [1.54, 1.807) is 12.1 Å². The van der Waals surface area contributed by atoms with Crippen LogP contribution in [0.1, 0.15) is 76.7 Å². The minimum atomic E-state index is -1.40. The Kier molecular flexibility index (Phi) is 8.26. The van der Waals surface area contributed by atoms with Crippen LogP contribution in [0.3, 0.4) is 0 Å². The van der Waals surface area contributed by atoms with Crippen molar-refractivity contribution in [1.82, 2.24) is 0 Å². The Morgan fingerprint density at radius 1 is 0.926 bits per heavy atom. The summed E-state index contributed by atoms with van der Waals surface area (Å²) in [5.74, 6) is 2.69. The first-order chi connectivity index (χ1) is 13.1. The molecule has 1 aliphatic heterocycles. The Morgan fingerprint density at radius 2 is 1.56 bits per heavy atom. The molecular weight excluding hydrogens is 371 g/mol.